The summed E-state index contributed by atoms with van der Waals surface area (Å²) in [6, 6.07) is 5.95. The van der Waals surface area contributed by atoms with E-state index in [0.717, 1.165) is 16.9 Å². The van der Waals surface area contributed by atoms with Crippen LogP contribution in [0.25, 0.3) is 0 Å². The number of thioether (sulfide) groups is 1. The lowest BCUT2D eigenvalue weighted by Crippen LogP contribution is -2.47. The van der Waals surface area contributed by atoms with Crippen molar-refractivity contribution >= 4 is 17.7 Å². The number of rotatable bonds is 9. The van der Waals surface area contributed by atoms with Crippen molar-refractivity contribution < 1.29 is 9.53 Å². The highest BCUT2D eigenvalue weighted by Gasteiger charge is 2.25. The van der Waals surface area contributed by atoms with Crippen molar-refractivity contribution in [3.63, 3.8) is 0 Å². The quantitative estimate of drug-likeness (QED) is 0.381. The maximum absolute atomic E-state index is 12.3. The van der Waals surface area contributed by atoms with Crippen LogP contribution in [0.1, 0.15) is 43.6 Å². The molecule has 0 saturated carbocycles. The average Bonchev–Trinajstić information content (AvgIpc) is 3.04. The molecule has 1 heterocycles. The van der Waals surface area contributed by atoms with E-state index in [4.69, 9.17) is 17.0 Å². The van der Waals surface area contributed by atoms with Crippen LogP contribution in [0.4, 0.5) is 0 Å². The van der Waals surface area contributed by atoms with Gasteiger partial charge in [-0.1, -0.05) is 49.7 Å². The second-order valence-corrected chi connectivity index (χ2v) is 7.49. The Morgan fingerprint density at radius 3 is 2.54 bits per heavy atom. The first-order chi connectivity index (χ1) is 13.4. The number of nitrogen functional groups attached to an aromatic ring is 1. The fraction of sp³-hybridized carbons (Fsp3) is 0.450. The van der Waals surface area contributed by atoms with Crippen LogP contribution in [-0.2, 0) is 11.4 Å². The number of nitrogens with zero attached hydrogens (tertiary/aromatic N) is 3. The minimum absolute atomic E-state index is 0.149. The maximum atomic E-state index is 12.3. The minimum atomic E-state index is -0.613. The van der Waals surface area contributed by atoms with E-state index in [1.54, 1.807) is 0 Å². The van der Waals surface area contributed by atoms with Crippen LogP contribution in [0.2, 0.25) is 0 Å². The molecular formula is C20H27N5O2S. The van der Waals surface area contributed by atoms with Crippen molar-refractivity contribution in [2.24, 2.45) is 0 Å². The number of ether oxygens (including phenoxy) is 1. The van der Waals surface area contributed by atoms with Gasteiger partial charge < -0.3 is 15.9 Å². The monoisotopic (exact) mass is 401 g/mol. The van der Waals surface area contributed by atoms with E-state index in [1.807, 2.05) is 45.9 Å². The average molecular weight is 402 g/mol. The van der Waals surface area contributed by atoms with Gasteiger partial charge in [0.1, 0.15) is 17.9 Å². The Bertz CT molecular complexity index is 848. The van der Waals surface area contributed by atoms with Gasteiger partial charge >= 0.3 is 0 Å². The smallest absolute Gasteiger partial charge is 0.231 e. The van der Waals surface area contributed by atoms with E-state index in [9.17, 15) is 4.79 Å². The first kappa shape index (κ1) is 21.6. The summed E-state index contributed by atoms with van der Waals surface area (Å²) < 4.78 is 7.22. The first-order valence-electron chi connectivity index (χ1n) is 9.15. The van der Waals surface area contributed by atoms with Crippen LogP contribution in [-0.4, -0.2) is 32.1 Å². The third kappa shape index (κ3) is 4.98. The molecule has 2 rings (SSSR count). The van der Waals surface area contributed by atoms with E-state index >= 15 is 0 Å². The standard InChI is InChI=1S/C20H27N5O2S/c1-6-20(7-2,8-3)22-17(26)13-28-19-24-23-16(25(19)21)12-27-18-14(4)10-9-11-15(18)5/h1,9-11H,7-8,12-13,21H2,2-5H3,(H,22,26). The third-order valence-electron chi connectivity index (χ3n) is 4.68. The summed E-state index contributed by atoms with van der Waals surface area (Å²) in [5, 5.41) is 11.5. The van der Waals surface area contributed by atoms with Gasteiger partial charge in [0.2, 0.25) is 11.1 Å². The molecule has 7 nitrogen and oxygen atoms in total. The van der Waals surface area contributed by atoms with Crippen LogP contribution >= 0.6 is 11.8 Å². The number of aromatic nitrogens is 3. The molecule has 2 aromatic rings. The molecule has 3 N–H and O–H groups in total. The highest BCUT2D eigenvalue weighted by molar-refractivity contribution is 7.99. The van der Waals surface area contributed by atoms with E-state index in [1.165, 1.54) is 16.4 Å². The minimum Gasteiger partial charge on any atom is -0.485 e. The normalized spacial score (nSPS) is 11.1. The van der Waals surface area contributed by atoms with Crippen LogP contribution in [0.3, 0.4) is 0 Å². The number of nitrogens with two attached hydrogens (primary N) is 1. The molecule has 0 radical (unpaired) electrons. The summed E-state index contributed by atoms with van der Waals surface area (Å²) >= 11 is 1.20. The Kier molecular flexibility index (Phi) is 7.35. The van der Waals surface area contributed by atoms with Crippen molar-refractivity contribution in [2.75, 3.05) is 11.6 Å². The van der Waals surface area contributed by atoms with E-state index in [-0.39, 0.29) is 18.3 Å². The summed E-state index contributed by atoms with van der Waals surface area (Å²) in [5.41, 5.74) is 1.47. The molecule has 0 bridgehead atoms. The van der Waals surface area contributed by atoms with Crippen molar-refractivity contribution in [1.82, 2.24) is 20.2 Å². The summed E-state index contributed by atoms with van der Waals surface area (Å²) in [4.78, 5) is 12.3. The van der Waals surface area contributed by atoms with Gasteiger partial charge in [0.25, 0.3) is 0 Å². The van der Waals surface area contributed by atoms with Crippen molar-refractivity contribution in [1.29, 1.82) is 0 Å². The van der Waals surface area contributed by atoms with Gasteiger partial charge in [0.05, 0.1) is 5.75 Å². The van der Waals surface area contributed by atoms with Gasteiger partial charge in [-0.15, -0.1) is 16.6 Å². The van der Waals surface area contributed by atoms with Gasteiger partial charge in [-0.3, -0.25) is 4.79 Å². The molecule has 0 aliphatic rings. The lowest BCUT2D eigenvalue weighted by atomic mass is 9.94. The number of nitrogens with one attached hydrogen (secondary N) is 1. The van der Waals surface area contributed by atoms with Crippen molar-refractivity contribution in [3.8, 4) is 18.1 Å². The lowest BCUT2D eigenvalue weighted by Gasteiger charge is -2.26. The van der Waals surface area contributed by atoms with Gasteiger partial charge in [0.15, 0.2) is 5.82 Å². The van der Waals surface area contributed by atoms with Crippen LogP contribution in [0, 0.1) is 26.2 Å². The number of carbonyl (C=O) groups excluding carboxylic acids is 1. The van der Waals surface area contributed by atoms with Gasteiger partial charge in [-0.05, 0) is 37.8 Å². The Hall–Kier alpha value is -2.66. The molecular weight excluding hydrogens is 374 g/mol. The summed E-state index contributed by atoms with van der Waals surface area (Å²) in [6.07, 6.45) is 6.92. The van der Waals surface area contributed by atoms with Crippen molar-refractivity contribution in [2.45, 2.75) is 57.8 Å². The Morgan fingerprint density at radius 2 is 1.96 bits per heavy atom. The van der Waals surface area contributed by atoms with Gasteiger partial charge in [0, 0.05) is 0 Å². The fourth-order valence-corrected chi connectivity index (χ4v) is 3.44. The third-order valence-corrected chi connectivity index (χ3v) is 5.63. The molecule has 8 heteroatoms. The van der Waals surface area contributed by atoms with Crippen molar-refractivity contribution in [3.05, 3.63) is 35.2 Å². The zero-order valence-electron chi connectivity index (χ0n) is 16.8. The molecule has 0 atom stereocenters. The number of benzene rings is 1. The summed E-state index contributed by atoms with van der Waals surface area (Å²) in [6.45, 7) is 8.07. The van der Waals surface area contributed by atoms with E-state index in [0.29, 0.717) is 23.8 Å². The van der Waals surface area contributed by atoms with Crippen LogP contribution in [0.5, 0.6) is 5.75 Å². The summed E-state index contributed by atoms with van der Waals surface area (Å²) in [5.74, 6) is 10.0. The largest absolute Gasteiger partial charge is 0.485 e. The summed E-state index contributed by atoms with van der Waals surface area (Å²) in [7, 11) is 0. The number of aryl methyl sites for hydroxylation is 2. The number of para-hydroxylation sites is 1. The Labute approximate surface area is 170 Å². The second-order valence-electron chi connectivity index (χ2n) is 6.55. The zero-order chi connectivity index (χ0) is 20.7. The molecule has 0 fully saturated rings. The van der Waals surface area contributed by atoms with Crippen LogP contribution < -0.4 is 15.9 Å². The second kappa shape index (κ2) is 9.51. The number of carbonyl (C=O) groups is 1. The van der Waals surface area contributed by atoms with E-state index < -0.39 is 5.54 Å². The number of amides is 1. The molecule has 1 amide bonds. The molecule has 0 unspecified atom stereocenters. The number of hydrogen-bond acceptors (Lipinski definition) is 6. The molecule has 150 valence electrons. The molecule has 0 aliphatic heterocycles. The highest BCUT2D eigenvalue weighted by atomic mass is 32.2. The Balaban J connectivity index is 1.96. The maximum Gasteiger partial charge on any atom is 0.231 e. The van der Waals surface area contributed by atoms with Gasteiger partial charge in [-0.25, -0.2) is 4.68 Å². The SMILES string of the molecule is C#CC(CC)(CC)NC(=O)CSc1nnc(COc2c(C)cccc2C)n1N. The van der Waals surface area contributed by atoms with Gasteiger partial charge in [-0.2, -0.15) is 0 Å². The molecule has 28 heavy (non-hydrogen) atoms. The van der Waals surface area contributed by atoms with E-state index in [2.05, 4.69) is 21.4 Å². The predicted molar refractivity (Wildman–Crippen MR) is 111 cm³/mol. The topological polar surface area (TPSA) is 95.1 Å². The number of terminal acetylenes is 1. The molecule has 0 saturated heterocycles. The zero-order valence-corrected chi connectivity index (χ0v) is 17.6. The molecule has 0 spiro atoms. The fourth-order valence-electron chi connectivity index (χ4n) is 2.77. The van der Waals surface area contributed by atoms with Crippen LogP contribution in [0.15, 0.2) is 23.4 Å². The lowest BCUT2D eigenvalue weighted by molar-refractivity contribution is -0.119. The predicted octanol–water partition coefficient (Wildman–Crippen LogP) is 2.59. The first-order valence-corrected chi connectivity index (χ1v) is 10.1. The Morgan fingerprint density at radius 1 is 1.32 bits per heavy atom. The molecule has 1 aromatic carbocycles. The molecule has 1 aromatic heterocycles. The molecule has 0 aliphatic carbocycles. The number of hydrogen-bond donors (Lipinski definition) is 2. The highest BCUT2D eigenvalue weighted by Crippen LogP contribution is 2.23.